The number of rotatable bonds is 8. The van der Waals surface area contributed by atoms with Crippen LogP contribution in [0.2, 0.25) is 0 Å². The first-order chi connectivity index (χ1) is 9.34. The smallest absolute Gasteiger partial charge is 0.220 e. The van der Waals surface area contributed by atoms with Crippen molar-refractivity contribution in [1.82, 2.24) is 5.32 Å². The first-order valence-corrected chi connectivity index (χ1v) is 8.22. The third kappa shape index (κ3) is 6.06. The van der Waals surface area contributed by atoms with Gasteiger partial charge < -0.3 is 11.1 Å². The molecule has 0 spiro atoms. The fourth-order valence-corrected chi connectivity index (χ4v) is 3.46. The third-order valence-electron chi connectivity index (χ3n) is 3.37. The Kier molecular flexibility index (Phi) is 6.69. The van der Waals surface area contributed by atoms with Crippen LogP contribution in [-0.4, -0.2) is 18.0 Å². The predicted octanol–water partition coefficient (Wildman–Crippen LogP) is 3.26. The van der Waals surface area contributed by atoms with Crippen LogP contribution in [-0.2, 0) is 11.2 Å². The highest BCUT2D eigenvalue weighted by Crippen LogP contribution is 2.18. The lowest BCUT2D eigenvalue weighted by Gasteiger charge is -2.31. The molecule has 0 aliphatic carbocycles. The van der Waals surface area contributed by atoms with Crippen molar-refractivity contribution < 1.29 is 4.79 Å². The van der Waals surface area contributed by atoms with Gasteiger partial charge in [-0.1, -0.05) is 13.8 Å². The summed E-state index contributed by atoms with van der Waals surface area (Å²) in [6.45, 7) is 8.94. The summed E-state index contributed by atoms with van der Waals surface area (Å²) in [5.74, 6) is 0.643. The minimum absolute atomic E-state index is 0.117. The molecule has 0 aliphatic rings. The lowest BCUT2D eigenvalue weighted by molar-refractivity contribution is -0.123. The Morgan fingerprint density at radius 2 is 2.15 bits per heavy atom. The van der Waals surface area contributed by atoms with E-state index in [-0.39, 0.29) is 11.4 Å². The van der Waals surface area contributed by atoms with Crippen molar-refractivity contribution in [2.75, 3.05) is 6.54 Å². The van der Waals surface area contributed by atoms with E-state index in [2.05, 4.69) is 38.2 Å². The standard InChI is InChI=1S/C16H28N2OS/c1-12(2)10-16(4,11-17)18-15(19)7-5-6-14-9-8-13(3)20-14/h8-9,12H,5-7,10-11,17H2,1-4H3,(H,18,19). The van der Waals surface area contributed by atoms with Crippen molar-refractivity contribution in [3.05, 3.63) is 21.9 Å². The van der Waals surface area contributed by atoms with Gasteiger partial charge in [-0.05, 0) is 51.2 Å². The number of carbonyl (C=O) groups excluding carboxylic acids is 1. The van der Waals surface area contributed by atoms with Gasteiger partial charge >= 0.3 is 0 Å². The van der Waals surface area contributed by atoms with Crippen LogP contribution >= 0.6 is 11.3 Å². The quantitative estimate of drug-likeness (QED) is 0.773. The molecular weight excluding hydrogens is 268 g/mol. The highest BCUT2D eigenvalue weighted by atomic mass is 32.1. The fraction of sp³-hybridized carbons (Fsp3) is 0.688. The van der Waals surface area contributed by atoms with Crippen LogP contribution in [0.1, 0.15) is 49.8 Å². The maximum absolute atomic E-state index is 12.0. The zero-order valence-electron chi connectivity index (χ0n) is 13.2. The molecule has 1 rings (SSSR count). The summed E-state index contributed by atoms with van der Waals surface area (Å²) in [4.78, 5) is 14.7. The van der Waals surface area contributed by atoms with Crippen LogP contribution < -0.4 is 11.1 Å². The van der Waals surface area contributed by atoms with Crippen LogP contribution in [0.15, 0.2) is 12.1 Å². The van der Waals surface area contributed by atoms with E-state index < -0.39 is 0 Å². The molecule has 3 nitrogen and oxygen atoms in total. The van der Waals surface area contributed by atoms with E-state index in [0.717, 1.165) is 19.3 Å². The summed E-state index contributed by atoms with van der Waals surface area (Å²) in [7, 11) is 0. The van der Waals surface area contributed by atoms with Crippen LogP contribution in [0.5, 0.6) is 0 Å². The molecule has 20 heavy (non-hydrogen) atoms. The van der Waals surface area contributed by atoms with Gasteiger partial charge in [0.1, 0.15) is 0 Å². The largest absolute Gasteiger partial charge is 0.350 e. The molecule has 0 aliphatic heterocycles. The molecule has 1 aromatic heterocycles. The van der Waals surface area contributed by atoms with E-state index in [1.165, 1.54) is 9.75 Å². The van der Waals surface area contributed by atoms with E-state index in [9.17, 15) is 4.79 Å². The summed E-state index contributed by atoms with van der Waals surface area (Å²) in [5, 5.41) is 3.11. The SMILES string of the molecule is Cc1ccc(CCCC(=O)NC(C)(CN)CC(C)C)s1. The van der Waals surface area contributed by atoms with Gasteiger partial charge in [0.2, 0.25) is 5.91 Å². The van der Waals surface area contributed by atoms with Gasteiger partial charge in [-0.25, -0.2) is 0 Å². The highest BCUT2D eigenvalue weighted by Gasteiger charge is 2.25. The Labute approximate surface area is 127 Å². The summed E-state index contributed by atoms with van der Waals surface area (Å²) in [6.07, 6.45) is 3.37. The molecule has 114 valence electrons. The molecule has 1 atom stereocenters. The van der Waals surface area contributed by atoms with Gasteiger partial charge in [0.05, 0.1) is 0 Å². The number of amides is 1. The summed E-state index contributed by atoms with van der Waals surface area (Å²) < 4.78 is 0. The summed E-state index contributed by atoms with van der Waals surface area (Å²) >= 11 is 1.81. The van der Waals surface area contributed by atoms with E-state index in [0.29, 0.717) is 18.9 Å². The second-order valence-corrected chi connectivity index (χ2v) is 7.65. The summed E-state index contributed by atoms with van der Waals surface area (Å²) in [5.41, 5.74) is 5.54. The number of hydrogen-bond donors (Lipinski definition) is 2. The lowest BCUT2D eigenvalue weighted by atomic mass is 9.90. The molecule has 0 fully saturated rings. The van der Waals surface area contributed by atoms with Crippen molar-refractivity contribution in [3.63, 3.8) is 0 Å². The molecule has 0 aromatic carbocycles. The maximum atomic E-state index is 12.0. The monoisotopic (exact) mass is 296 g/mol. The number of aryl methyl sites for hydroxylation is 2. The van der Waals surface area contributed by atoms with E-state index >= 15 is 0 Å². The minimum Gasteiger partial charge on any atom is -0.350 e. The highest BCUT2D eigenvalue weighted by molar-refractivity contribution is 7.11. The molecule has 3 N–H and O–H groups in total. The van der Waals surface area contributed by atoms with E-state index in [1.54, 1.807) is 0 Å². The van der Waals surface area contributed by atoms with Gasteiger partial charge in [0, 0.05) is 28.3 Å². The van der Waals surface area contributed by atoms with Crippen LogP contribution in [0, 0.1) is 12.8 Å². The van der Waals surface area contributed by atoms with Crippen molar-refractivity contribution >= 4 is 17.2 Å². The van der Waals surface area contributed by atoms with Crippen molar-refractivity contribution in [2.24, 2.45) is 11.7 Å². The zero-order valence-corrected chi connectivity index (χ0v) is 14.0. The number of nitrogens with one attached hydrogen (secondary N) is 1. The second-order valence-electron chi connectivity index (χ2n) is 6.28. The number of nitrogens with two attached hydrogens (primary N) is 1. The van der Waals surface area contributed by atoms with Gasteiger partial charge in [-0.15, -0.1) is 11.3 Å². The molecule has 1 unspecified atom stereocenters. The molecule has 1 heterocycles. The van der Waals surface area contributed by atoms with Crippen LogP contribution in [0.3, 0.4) is 0 Å². The molecule has 1 aromatic rings. The van der Waals surface area contributed by atoms with Crippen LogP contribution in [0.25, 0.3) is 0 Å². The molecular formula is C16H28N2OS. The summed E-state index contributed by atoms with van der Waals surface area (Å²) in [6, 6.07) is 4.29. The zero-order chi connectivity index (χ0) is 15.2. The Morgan fingerprint density at radius 1 is 1.45 bits per heavy atom. The minimum atomic E-state index is -0.273. The Hall–Kier alpha value is -0.870. The average Bonchev–Trinajstić information content (AvgIpc) is 2.74. The predicted molar refractivity (Wildman–Crippen MR) is 87.1 cm³/mol. The van der Waals surface area contributed by atoms with Crippen molar-refractivity contribution in [2.45, 2.75) is 58.9 Å². The Bertz CT molecular complexity index is 428. The normalized spacial score (nSPS) is 14.3. The van der Waals surface area contributed by atoms with Gasteiger partial charge in [0.25, 0.3) is 0 Å². The number of carbonyl (C=O) groups is 1. The van der Waals surface area contributed by atoms with Crippen molar-refractivity contribution in [3.8, 4) is 0 Å². The van der Waals surface area contributed by atoms with E-state index in [1.807, 2.05) is 18.3 Å². The Balaban J connectivity index is 2.35. The van der Waals surface area contributed by atoms with Crippen molar-refractivity contribution in [1.29, 1.82) is 0 Å². The van der Waals surface area contributed by atoms with Crippen LogP contribution in [0.4, 0.5) is 0 Å². The maximum Gasteiger partial charge on any atom is 0.220 e. The van der Waals surface area contributed by atoms with Gasteiger partial charge in [0.15, 0.2) is 0 Å². The first-order valence-electron chi connectivity index (χ1n) is 7.41. The molecule has 0 bridgehead atoms. The fourth-order valence-electron chi connectivity index (χ4n) is 2.53. The molecule has 1 amide bonds. The second kappa shape index (κ2) is 7.79. The topological polar surface area (TPSA) is 55.1 Å². The number of thiophene rings is 1. The number of hydrogen-bond acceptors (Lipinski definition) is 3. The van der Waals surface area contributed by atoms with E-state index in [4.69, 9.17) is 5.73 Å². The molecule has 0 saturated heterocycles. The lowest BCUT2D eigenvalue weighted by Crippen LogP contribution is -2.52. The average molecular weight is 296 g/mol. The molecule has 0 saturated carbocycles. The first kappa shape index (κ1) is 17.2. The van der Waals surface area contributed by atoms with Gasteiger partial charge in [-0.2, -0.15) is 0 Å². The Morgan fingerprint density at radius 3 is 2.65 bits per heavy atom. The molecule has 0 radical (unpaired) electrons. The third-order valence-corrected chi connectivity index (χ3v) is 4.43. The molecule has 4 heteroatoms. The van der Waals surface area contributed by atoms with Gasteiger partial charge in [-0.3, -0.25) is 4.79 Å².